The van der Waals surface area contributed by atoms with Crippen LogP contribution in [0.5, 0.6) is 0 Å². The highest BCUT2D eigenvalue weighted by Gasteiger charge is 2.05. The summed E-state index contributed by atoms with van der Waals surface area (Å²) in [6.45, 7) is 3.57. The fourth-order valence-electron chi connectivity index (χ4n) is 2.06. The van der Waals surface area contributed by atoms with Crippen molar-refractivity contribution in [2.45, 2.75) is 32.7 Å². The Kier molecular flexibility index (Phi) is 4.74. The smallest absolute Gasteiger partial charge is 0.217 e. The highest BCUT2D eigenvalue weighted by atomic mass is 32.1. The zero-order chi connectivity index (χ0) is 14.5. The van der Waals surface area contributed by atoms with E-state index >= 15 is 0 Å². The minimum absolute atomic E-state index is 0.0222. The minimum atomic E-state index is 0.0222. The molecule has 1 aromatic carbocycles. The first-order chi connectivity index (χ1) is 9.54. The van der Waals surface area contributed by atoms with Gasteiger partial charge in [-0.2, -0.15) is 0 Å². The summed E-state index contributed by atoms with van der Waals surface area (Å²) in [7, 11) is 0. The number of nitrogens with two attached hydrogens (primary N) is 1. The quantitative estimate of drug-likeness (QED) is 0.889. The highest BCUT2D eigenvalue weighted by molar-refractivity contribution is 7.13. The Morgan fingerprint density at radius 2 is 2.10 bits per heavy atom. The predicted octanol–water partition coefficient (Wildman–Crippen LogP) is 2.85. The number of anilines is 1. The Hall–Kier alpha value is -1.88. The molecule has 1 aromatic heterocycles. The predicted molar refractivity (Wildman–Crippen MR) is 83.6 cm³/mol. The van der Waals surface area contributed by atoms with E-state index in [0.717, 1.165) is 24.1 Å². The number of amides is 1. The van der Waals surface area contributed by atoms with Crippen LogP contribution in [0.15, 0.2) is 29.6 Å². The number of rotatable bonds is 5. The van der Waals surface area contributed by atoms with Gasteiger partial charge in [0, 0.05) is 23.9 Å². The van der Waals surface area contributed by atoms with Gasteiger partial charge in [-0.05, 0) is 25.3 Å². The first-order valence-corrected chi connectivity index (χ1v) is 7.50. The molecule has 5 heteroatoms. The van der Waals surface area contributed by atoms with Gasteiger partial charge in [-0.15, -0.1) is 11.3 Å². The Morgan fingerprint density at radius 1 is 1.40 bits per heavy atom. The lowest BCUT2D eigenvalue weighted by atomic mass is 10.0. The van der Waals surface area contributed by atoms with E-state index in [2.05, 4.69) is 34.6 Å². The van der Waals surface area contributed by atoms with Crippen molar-refractivity contribution in [2.24, 2.45) is 0 Å². The van der Waals surface area contributed by atoms with Gasteiger partial charge in [-0.1, -0.05) is 24.3 Å². The number of nitrogens with zero attached hydrogens (tertiary/aromatic N) is 1. The number of thiazole rings is 1. The maximum absolute atomic E-state index is 10.9. The summed E-state index contributed by atoms with van der Waals surface area (Å²) in [5.74, 6) is 0.0222. The van der Waals surface area contributed by atoms with Gasteiger partial charge in [-0.3, -0.25) is 4.79 Å². The SMILES string of the molecule is CC(=O)N[C@@H](C)CCc1ccc(-c2csc(N)n2)cc1. The molecule has 0 spiro atoms. The third-order valence-corrected chi connectivity index (χ3v) is 3.76. The van der Waals surface area contributed by atoms with E-state index in [0.29, 0.717) is 5.13 Å². The van der Waals surface area contributed by atoms with Gasteiger partial charge in [0.05, 0.1) is 5.69 Å². The van der Waals surface area contributed by atoms with E-state index < -0.39 is 0 Å². The number of hydrogen-bond donors (Lipinski definition) is 2. The number of aromatic nitrogens is 1. The number of hydrogen-bond acceptors (Lipinski definition) is 4. The third kappa shape index (κ3) is 4.06. The van der Waals surface area contributed by atoms with Gasteiger partial charge < -0.3 is 11.1 Å². The largest absolute Gasteiger partial charge is 0.375 e. The summed E-state index contributed by atoms with van der Waals surface area (Å²) < 4.78 is 0. The molecular formula is C15H19N3OS. The van der Waals surface area contributed by atoms with Gasteiger partial charge in [0.25, 0.3) is 0 Å². The van der Waals surface area contributed by atoms with Crippen molar-refractivity contribution >= 4 is 22.4 Å². The minimum Gasteiger partial charge on any atom is -0.375 e. The van der Waals surface area contributed by atoms with Crippen LogP contribution >= 0.6 is 11.3 Å². The van der Waals surface area contributed by atoms with Gasteiger partial charge in [-0.25, -0.2) is 4.98 Å². The first-order valence-electron chi connectivity index (χ1n) is 6.62. The molecule has 1 heterocycles. The summed E-state index contributed by atoms with van der Waals surface area (Å²) >= 11 is 1.45. The molecular weight excluding hydrogens is 270 g/mol. The Labute approximate surface area is 123 Å². The van der Waals surface area contributed by atoms with Crippen LogP contribution in [0.2, 0.25) is 0 Å². The average Bonchev–Trinajstić information content (AvgIpc) is 2.83. The van der Waals surface area contributed by atoms with Crippen molar-refractivity contribution in [3.05, 3.63) is 35.2 Å². The second kappa shape index (κ2) is 6.52. The summed E-state index contributed by atoms with van der Waals surface area (Å²) in [5, 5.41) is 5.44. The van der Waals surface area contributed by atoms with E-state index in [9.17, 15) is 4.79 Å². The van der Waals surface area contributed by atoms with Crippen LogP contribution in [0.3, 0.4) is 0 Å². The standard InChI is InChI=1S/C15H19N3OS/c1-10(17-11(2)19)3-4-12-5-7-13(8-6-12)14-9-20-15(16)18-14/h5-10H,3-4H2,1-2H3,(H2,16,18)(H,17,19)/t10-/m0/s1. The first kappa shape index (κ1) is 14.5. The maximum Gasteiger partial charge on any atom is 0.217 e. The van der Waals surface area contributed by atoms with E-state index in [4.69, 9.17) is 5.73 Å². The maximum atomic E-state index is 10.9. The molecule has 0 fully saturated rings. The van der Waals surface area contributed by atoms with Crippen molar-refractivity contribution in [1.82, 2.24) is 10.3 Å². The number of aryl methyl sites for hydroxylation is 1. The van der Waals surface area contributed by atoms with Crippen LogP contribution in [0.25, 0.3) is 11.3 Å². The van der Waals surface area contributed by atoms with E-state index in [-0.39, 0.29) is 11.9 Å². The normalized spacial score (nSPS) is 12.1. The molecule has 20 heavy (non-hydrogen) atoms. The van der Waals surface area contributed by atoms with Crippen LogP contribution in [0.4, 0.5) is 5.13 Å². The fraction of sp³-hybridized carbons (Fsp3) is 0.333. The monoisotopic (exact) mass is 289 g/mol. The van der Waals surface area contributed by atoms with Crippen molar-refractivity contribution in [3.8, 4) is 11.3 Å². The van der Waals surface area contributed by atoms with Crippen molar-refractivity contribution < 1.29 is 4.79 Å². The summed E-state index contributed by atoms with van der Waals surface area (Å²) in [4.78, 5) is 15.2. The van der Waals surface area contributed by atoms with Crippen molar-refractivity contribution in [1.29, 1.82) is 0 Å². The molecule has 0 saturated carbocycles. The zero-order valence-electron chi connectivity index (χ0n) is 11.7. The lowest BCUT2D eigenvalue weighted by Gasteiger charge is -2.12. The number of carbonyl (C=O) groups is 1. The van der Waals surface area contributed by atoms with Crippen LogP contribution < -0.4 is 11.1 Å². The van der Waals surface area contributed by atoms with Crippen molar-refractivity contribution in [2.75, 3.05) is 5.73 Å². The second-order valence-electron chi connectivity index (χ2n) is 4.91. The number of nitrogens with one attached hydrogen (secondary N) is 1. The van der Waals surface area contributed by atoms with Gasteiger partial charge in [0.1, 0.15) is 0 Å². The molecule has 0 aliphatic heterocycles. The van der Waals surface area contributed by atoms with Gasteiger partial charge >= 0.3 is 0 Å². The fourth-order valence-corrected chi connectivity index (χ4v) is 2.64. The molecule has 2 aromatic rings. The second-order valence-corrected chi connectivity index (χ2v) is 5.80. The summed E-state index contributed by atoms with van der Waals surface area (Å²) in [5.41, 5.74) is 8.90. The molecule has 3 N–H and O–H groups in total. The van der Waals surface area contributed by atoms with E-state index in [1.165, 1.54) is 16.9 Å². The number of carbonyl (C=O) groups excluding carboxylic acids is 1. The molecule has 0 saturated heterocycles. The molecule has 1 atom stereocenters. The van der Waals surface area contributed by atoms with Crippen LogP contribution in [-0.2, 0) is 11.2 Å². The number of nitrogen functional groups attached to an aromatic ring is 1. The lowest BCUT2D eigenvalue weighted by molar-refractivity contribution is -0.119. The molecule has 0 unspecified atom stereocenters. The van der Waals surface area contributed by atoms with E-state index in [1.807, 2.05) is 12.3 Å². The van der Waals surface area contributed by atoms with Crippen LogP contribution in [-0.4, -0.2) is 16.9 Å². The molecule has 0 aliphatic carbocycles. The molecule has 0 bridgehead atoms. The van der Waals surface area contributed by atoms with Crippen molar-refractivity contribution in [3.63, 3.8) is 0 Å². The number of benzene rings is 1. The molecule has 2 rings (SSSR count). The Bertz CT molecular complexity index is 577. The van der Waals surface area contributed by atoms with E-state index in [1.54, 1.807) is 6.92 Å². The highest BCUT2D eigenvalue weighted by Crippen LogP contribution is 2.23. The zero-order valence-corrected chi connectivity index (χ0v) is 12.5. The molecule has 0 radical (unpaired) electrons. The molecule has 1 amide bonds. The topological polar surface area (TPSA) is 68.0 Å². The summed E-state index contributed by atoms with van der Waals surface area (Å²) in [6, 6.07) is 8.53. The molecule has 106 valence electrons. The lowest BCUT2D eigenvalue weighted by Crippen LogP contribution is -2.30. The Balaban J connectivity index is 1.93. The van der Waals surface area contributed by atoms with Gasteiger partial charge in [0.2, 0.25) is 5.91 Å². The molecule has 0 aliphatic rings. The molecule has 4 nitrogen and oxygen atoms in total. The van der Waals surface area contributed by atoms with Gasteiger partial charge in [0.15, 0.2) is 5.13 Å². The van der Waals surface area contributed by atoms with Crippen LogP contribution in [0, 0.1) is 0 Å². The third-order valence-electron chi connectivity index (χ3n) is 3.09. The Morgan fingerprint density at radius 3 is 2.65 bits per heavy atom. The van der Waals surface area contributed by atoms with Crippen LogP contribution in [0.1, 0.15) is 25.8 Å². The summed E-state index contributed by atoms with van der Waals surface area (Å²) in [6.07, 6.45) is 1.88. The average molecular weight is 289 g/mol.